The van der Waals surface area contributed by atoms with Crippen LogP contribution in [0.2, 0.25) is 0 Å². The van der Waals surface area contributed by atoms with Crippen LogP contribution in [0.3, 0.4) is 0 Å². The van der Waals surface area contributed by atoms with E-state index in [0.717, 1.165) is 79.5 Å². The zero-order valence-corrected chi connectivity index (χ0v) is 41.3. The summed E-state index contributed by atoms with van der Waals surface area (Å²) in [6.45, 7) is 23.9. The first-order chi connectivity index (χ1) is 26.5. The van der Waals surface area contributed by atoms with Gasteiger partial charge >= 0.3 is 0 Å². The molecule has 2 aromatic heterocycles. The first-order valence-electron chi connectivity index (χ1n) is 20.0. The second-order valence-corrected chi connectivity index (χ2v) is 20.2. The van der Waals surface area contributed by atoms with Gasteiger partial charge in [-0.2, -0.15) is 19.6 Å². The standard InChI is InChI=1S/C24H34OS3.C23H32O2S3.Ni/c1-16(2)7-6-8-19-10-11-21(25-14-13-17(3)4)20(15-19)23(26)24(27)22-12-9-18(5)28-22;1-15(2)10-12-24-18-7-8-20(25-13-11-16(3)4)19(14-18)22(26)23(27)21-9-6-17(5)28-21;/h9-12,15-17,26-27H,6-8,13-14H2,1-5H3;6-9,14-16,26-27H,10-13H2,1-5H3;/p-4/b24-23-;23-22-;. The summed E-state index contributed by atoms with van der Waals surface area (Å²) in [5.74, 6) is 4.97. The molecule has 0 unspecified atom stereocenters. The van der Waals surface area contributed by atoms with Crippen molar-refractivity contribution in [2.75, 3.05) is 19.8 Å². The molecule has 0 N–H and O–H groups in total. The molecule has 0 saturated heterocycles. The number of hydrogen-bond donors (Lipinski definition) is 0. The zero-order chi connectivity index (χ0) is 41.4. The van der Waals surface area contributed by atoms with Crippen molar-refractivity contribution in [3.8, 4) is 17.2 Å². The summed E-state index contributed by atoms with van der Waals surface area (Å²) in [5.41, 5.74) is 3.12. The number of aryl methyl sites for hydroxylation is 3. The maximum absolute atomic E-state index is 6.11. The van der Waals surface area contributed by atoms with Gasteiger partial charge < -0.3 is 64.7 Å². The Morgan fingerprint density at radius 3 is 1.35 bits per heavy atom. The summed E-state index contributed by atoms with van der Waals surface area (Å²) in [6, 6.07) is 20.6. The molecule has 57 heavy (non-hydrogen) atoms. The summed E-state index contributed by atoms with van der Waals surface area (Å²) < 4.78 is 18.1. The molecular formula is C47H62NiO3S6-4. The maximum atomic E-state index is 6.11. The number of benzene rings is 2. The van der Waals surface area contributed by atoms with Gasteiger partial charge in [0.25, 0.3) is 0 Å². The van der Waals surface area contributed by atoms with Crippen LogP contribution in [0.1, 0.15) is 124 Å². The predicted molar refractivity (Wildman–Crippen MR) is 257 cm³/mol. The van der Waals surface area contributed by atoms with Gasteiger partial charge in [0.15, 0.2) is 0 Å². The molecule has 0 amide bonds. The van der Waals surface area contributed by atoms with Gasteiger partial charge in [-0.25, -0.2) is 0 Å². The molecule has 0 atom stereocenters. The van der Waals surface area contributed by atoms with E-state index in [1.165, 1.54) is 28.2 Å². The van der Waals surface area contributed by atoms with Gasteiger partial charge in [0.1, 0.15) is 17.2 Å². The van der Waals surface area contributed by atoms with Crippen molar-refractivity contribution in [1.82, 2.24) is 0 Å². The normalized spacial score (nSPS) is 12.2. The largest absolute Gasteiger partial charge is 0.780 e. The molecule has 0 radical (unpaired) electrons. The van der Waals surface area contributed by atoms with Gasteiger partial charge in [0.05, 0.1) is 19.8 Å². The summed E-state index contributed by atoms with van der Waals surface area (Å²) in [6.07, 6.45) is 6.51. The molecule has 0 fully saturated rings. The van der Waals surface area contributed by atoms with Crippen molar-refractivity contribution in [2.24, 2.45) is 23.7 Å². The van der Waals surface area contributed by atoms with E-state index < -0.39 is 0 Å². The Morgan fingerprint density at radius 1 is 0.509 bits per heavy atom. The summed E-state index contributed by atoms with van der Waals surface area (Å²) in [4.78, 5) is 7.37. The maximum Gasteiger partial charge on any atom is 0.125 e. The van der Waals surface area contributed by atoms with Gasteiger partial charge in [-0.3, -0.25) is 0 Å². The SMILES string of the molecule is Cc1ccc(/C([S-])=C(/[S-])c2cc(CCCC(C)C)ccc2OCCC(C)C)s1.Cc1ccc(/C([S-])=C(/[S-])c2cc(OCCC(C)C)ccc2OCCC(C)C)s1.[Ni]. The quantitative estimate of drug-likeness (QED) is 0.0644. The van der Waals surface area contributed by atoms with Crippen LogP contribution in [0.4, 0.5) is 0 Å². The van der Waals surface area contributed by atoms with E-state index in [0.29, 0.717) is 47.4 Å². The van der Waals surface area contributed by atoms with E-state index in [1.807, 2.05) is 24.3 Å². The molecule has 0 saturated carbocycles. The molecule has 3 nitrogen and oxygen atoms in total. The van der Waals surface area contributed by atoms with E-state index in [-0.39, 0.29) is 16.5 Å². The molecule has 4 aromatic rings. The number of hydrogen-bond acceptors (Lipinski definition) is 9. The van der Waals surface area contributed by atoms with Crippen LogP contribution in [0.5, 0.6) is 17.2 Å². The summed E-state index contributed by atoms with van der Waals surface area (Å²) in [7, 11) is 0. The van der Waals surface area contributed by atoms with E-state index >= 15 is 0 Å². The second kappa shape index (κ2) is 26.3. The smallest absolute Gasteiger partial charge is 0.125 e. The van der Waals surface area contributed by atoms with E-state index in [4.69, 9.17) is 64.7 Å². The van der Waals surface area contributed by atoms with E-state index in [1.54, 1.807) is 22.7 Å². The average molecular weight is 926 g/mol. The number of thiophene rings is 2. The van der Waals surface area contributed by atoms with Gasteiger partial charge in [0.2, 0.25) is 0 Å². The van der Waals surface area contributed by atoms with Crippen molar-refractivity contribution in [3.05, 3.63) is 96.9 Å². The van der Waals surface area contributed by atoms with E-state index in [2.05, 4.69) is 106 Å². The second-order valence-electron chi connectivity index (χ2n) is 16.0. The average Bonchev–Trinajstić information content (AvgIpc) is 3.79. The van der Waals surface area contributed by atoms with Gasteiger partial charge in [-0.1, -0.05) is 67.9 Å². The molecule has 0 spiro atoms. The third-order valence-electron chi connectivity index (χ3n) is 8.94. The molecule has 0 aliphatic rings. The Labute approximate surface area is 385 Å². The molecule has 2 aromatic carbocycles. The molecule has 0 aliphatic carbocycles. The van der Waals surface area contributed by atoms with Crippen LogP contribution in [0, 0.1) is 37.5 Å². The van der Waals surface area contributed by atoms with Crippen LogP contribution in [0.15, 0.2) is 60.7 Å². The minimum absolute atomic E-state index is 0. The number of rotatable bonds is 20. The van der Waals surface area contributed by atoms with Crippen LogP contribution >= 0.6 is 22.7 Å². The molecule has 0 aliphatic heterocycles. The van der Waals surface area contributed by atoms with Gasteiger partial charge in [-0.05, 0) is 141 Å². The van der Waals surface area contributed by atoms with Crippen molar-refractivity contribution >= 4 is 92.8 Å². The molecule has 10 heteroatoms. The Hall–Kier alpha value is -1.91. The Balaban J connectivity index is 0.000000387. The molecule has 4 rings (SSSR count). The van der Waals surface area contributed by atoms with Crippen LogP contribution in [0.25, 0.3) is 19.6 Å². The number of ether oxygens (including phenoxy) is 3. The predicted octanol–water partition coefficient (Wildman–Crippen LogP) is 14.2. The third-order valence-corrected chi connectivity index (χ3v) is 13.2. The Bertz CT molecular complexity index is 1720. The van der Waals surface area contributed by atoms with Gasteiger partial charge in [0, 0.05) is 36.0 Å². The molecule has 2 heterocycles. The first-order valence-corrected chi connectivity index (χ1v) is 23.3. The molecule has 0 bridgehead atoms. The monoisotopic (exact) mass is 924 g/mol. The molecular weight excluding hydrogens is 864 g/mol. The van der Waals surface area contributed by atoms with Crippen LogP contribution in [-0.4, -0.2) is 19.8 Å². The van der Waals surface area contributed by atoms with Crippen LogP contribution in [-0.2, 0) is 73.4 Å². The summed E-state index contributed by atoms with van der Waals surface area (Å²) >= 11 is 26.4. The minimum Gasteiger partial charge on any atom is -0.780 e. The molecule has 318 valence electrons. The zero-order valence-electron chi connectivity index (χ0n) is 35.4. The van der Waals surface area contributed by atoms with E-state index in [9.17, 15) is 0 Å². The van der Waals surface area contributed by atoms with Crippen molar-refractivity contribution in [1.29, 1.82) is 0 Å². The van der Waals surface area contributed by atoms with Crippen LogP contribution < -0.4 is 14.2 Å². The fourth-order valence-corrected chi connectivity index (χ4v) is 8.36. The first kappa shape index (κ1) is 51.2. The van der Waals surface area contributed by atoms with Crippen molar-refractivity contribution < 1.29 is 30.7 Å². The Kier molecular flexibility index (Phi) is 23.7. The third kappa shape index (κ3) is 18.1. The van der Waals surface area contributed by atoms with Crippen molar-refractivity contribution in [3.63, 3.8) is 0 Å². The fourth-order valence-electron chi connectivity index (χ4n) is 5.46. The fraction of sp³-hybridized carbons (Fsp3) is 0.489. The summed E-state index contributed by atoms with van der Waals surface area (Å²) in [5, 5.41) is 0. The topological polar surface area (TPSA) is 27.7 Å². The van der Waals surface area contributed by atoms with Crippen molar-refractivity contribution in [2.45, 2.75) is 108 Å². The Morgan fingerprint density at radius 2 is 0.930 bits per heavy atom. The van der Waals surface area contributed by atoms with Gasteiger partial charge in [-0.15, -0.1) is 22.7 Å². The minimum atomic E-state index is 0.